The molecule has 3 rings (SSSR count). The molecule has 0 spiro atoms. The number of hydrogen-bond acceptors (Lipinski definition) is 2. The van der Waals surface area contributed by atoms with Gasteiger partial charge in [0, 0.05) is 11.5 Å². The molecule has 3 aliphatic carbocycles. The van der Waals surface area contributed by atoms with E-state index in [4.69, 9.17) is 0 Å². The summed E-state index contributed by atoms with van der Waals surface area (Å²) < 4.78 is 0.0731. The van der Waals surface area contributed by atoms with Gasteiger partial charge < -0.3 is 0 Å². The molecule has 0 saturated carbocycles. The second-order valence-corrected chi connectivity index (χ2v) is 7.87. The third kappa shape index (κ3) is 1.62. The van der Waals surface area contributed by atoms with Crippen LogP contribution in [0.15, 0.2) is 34.4 Å². The lowest BCUT2D eigenvalue weighted by Gasteiger charge is -2.37. The Kier molecular flexibility index (Phi) is 3.25. The van der Waals surface area contributed by atoms with Gasteiger partial charge in [-0.15, -0.1) is 0 Å². The van der Waals surface area contributed by atoms with Crippen LogP contribution in [0.4, 0.5) is 0 Å². The Morgan fingerprint density at radius 3 is 2.72 bits per heavy atom. The molecule has 0 radical (unpaired) electrons. The summed E-state index contributed by atoms with van der Waals surface area (Å²) in [5.74, 6) is 0.637. The molecule has 2 unspecified atom stereocenters. The van der Waals surface area contributed by atoms with Gasteiger partial charge >= 0.3 is 0 Å². The first kappa shape index (κ1) is 13.0. The average molecular weight is 372 g/mol. The molecule has 0 amide bonds. The Bertz CT molecular complexity index is 515. The molecule has 0 aromatic heterocycles. The van der Waals surface area contributed by atoms with Gasteiger partial charge in [-0.3, -0.25) is 4.79 Å². The molecule has 3 aliphatic rings. The summed E-state index contributed by atoms with van der Waals surface area (Å²) in [5.41, 5.74) is 5.48. The molecule has 0 aromatic carbocycles. The molecule has 1 nitrogen and oxygen atoms in total. The number of allylic oxidation sites excluding steroid dienone is 5. The second-order valence-electron chi connectivity index (χ2n) is 5.67. The third-order valence-electron chi connectivity index (χ3n) is 4.76. The molecular formula is C15H17IOS. The van der Waals surface area contributed by atoms with Crippen molar-refractivity contribution in [1.29, 1.82) is 0 Å². The maximum Gasteiger partial charge on any atom is 0.164 e. The van der Waals surface area contributed by atoms with Crippen LogP contribution in [0.2, 0.25) is 0 Å². The fourth-order valence-electron chi connectivity index (χ4n) is 3.50. The fourth-order valence-corrected chi connectivity index (χ4v) is 6.52. The van der Waals surface area contributed by atoms with E-state index in [2.05, 4.69) is 47.2 Å². The SMILES string of the molecule is CC1=C(C)CC2=C(C1)C(=O)C1CC=CCC21SI. The lowest BCUT2D eigenvalue weighted by molar-refractivity contribution is -0.118. The van der Waals surface area contributed by atoms with Crippen molar-refractivity contribution in [3.63, 3.8) is 0 Å². The van der Waals surface area contributed by atoms with Crippen molar-refractivity contribution in [1.82, 2.24) is 0 Å². The molecule has 2 atom stereocenters. The Morgan fingerprint density at radius 1 is 1.28 bits per heavy atom. The largest absolute Gasteiger partial charge is 0.294 e. The number of carbonyl (C=O) groups excluding carboxylic acids is 1. The highest BCUT2D eigenvalue weighted by Gasteiger charge is 2.53. The molecule has 0 aliphatic heterocycles. The van der Waals surface area contributed by atoms with Crippen molar-refractivity contribution in [2.75, 3.05) is 0 Å². The van der Waals surface area contributed by atoms with Gasteiger partial charge in [-0.1, -0.05) is 32.2 Å². The number of halogens is 1. The molecule has 0 heterocycles. The van der Waals surface area contributed by atoms with Crippen molar-refractivity contribution < 1.29 is 4.79 Å². The number of Topliss-reactive ketones (excluding diaryl/α,β-unsaturated/α-hetero) is 1. The lowest BCUT2D eigenvalue weighted by atomic mass is 9.78. The third-order valence-corrected chi connectivity index (χ3v) is 8.09. The summed E-state index contributed by atoms with van der Waals surface area (Å²) in [4.78, 5) is 12.7. The van der Waals surface area contributed by atoms with Crippen molar-refractivity contribution in [2.24, 2.45) is 5.92 Å². The number of hydrogen-bond donors (Lipinski definition) is 0. The first-order valence-electron chi connectivity index (χ1n) is 6.47. The first-order chi connectivity index (χ1) is 8.60. The second kappa shape index (κ2) is 4.51. The Balaban J connectivity index is 2.09. The number of rotatable bonds is 1. The quantitative estimate of drug-likeness (QED) is 0.487. The van der Waals surface area contributed by atoms with E-state index < -0.39 is 0 Å². The molecule has 0 fully saturated rings. The van der Waals surface area contributed by atoms with Crippen LogP contribution in [0.5, 0.6) is 0 Å². The van der Waals surface area contributed by atoms with E-state index in [0.29, 0.717) is 5.78 Å². The molecule has 0 aromatic rings. The summed E-state index contributed by atoms with van der Waals surface area (Å²) in [6.07, 6.45) is 8.34. The minimum Gasteiger partial charge on any atom is -0.294 e. The predicted molar refractivity (Wildman–Crippen MR) is 85.8 cm³/mol. The first-order valence-corrected chi connectivity index (χ1v) is 9.82. The van der Waals surface area contributed by atoms with E-state index in [1.807, 2.05) is 8.93 Å². The van der Waals surface area contributed by atoms with Gasteiger partial charge in [0.25, 0.3) is 0 Å². The van der Waals surface area contributed by atoms with E-state index in [0.717, 1.165) is 31.3 Å². The topological polar surface area (TPSA) is 17.1 Å². The van der Waals surface area contributed by atoms with Gasteiger partial charge in [0.05, 0.1) is 4.75 Å². The van der Waals surface area contributed by atoms with Crippen molar-refractivity contribution in [2.45, 2.75) is 44.3 Å². The Labute approximate surface area is 125 Å². The molecule has 0 N–H and O–H groups in total. The highest BCUT2D eigenvalue weighted by atomic mass is 127. The van der Waals surface area contributed by atoms with Gasteiger partial charge in [0.2, 0.25) is 0 Å². The Morgan fingerprint density at radius 2 is 2.00 bits per heavy atom. The van der Waals surface area contributed by atoms with E-state index in [1.165, 1.54) is 16.7 Å². The monoisotopic (exact) mass is 372 g/mol. The van der Waals surface area contributed by atoms with E-state index in [-0.39, 0.29) is 10.7 Å². The summed E-state index contributed by atoms with van der Waals surface area (Å²) in [6, 6.07) is 0. The number of ketones is 1. The van der Waals surface area contributed by atoms with Gasteiger partial charge in [0.1, 0.15) is 0 Å². The van der Waals surface area contributed by atoms with Crippen molar-refractivity contribution >= 4 is 35.9 Å². The zero-order valence-corrected chi connectivity index (χ0v) is 13.7. The lowest BCUT2D eigenvalue weighted by Crippen LogP contribution is -2.36. The molecule has 0 bridgehead atoms. The maximum atomic E-state index is 12.7. The van der Waals surface area contributed by atoms with Crippen LogP contribution < -0.4 is 0 Å². The van der Waals surface area contributed by atoms with Crippen LogP contribution in [0.3, 0.4) is 0 Å². The zero-order chi connectivity index (χ0) is 12.9. The normalized spacial score (nSPS) is 35.1. The standard InChI is InChI=1S/C15H17IOS/c1-9-7-11-13(8-10(9)2)15(18-16)6-4-3-5-12(15)14(11)17/h3-4,12H,5-8H2,1-2H3. The summed E-state index contributed by atoms with van der Waals surface area (Å²) in [5, 5.41) is 0. The van der Waals surface area contributed by atoms with Gasteiger partial charge in [-0.25, -0.2) is 0 Å². The van der Waals surface area contributed by atoms with Crippen LogP contribution in [0, 0.1) is 5.92 Å². The minimum absolute atomic E-state index is 0.0731. The van der Waals surface area contributed by atoms with Crippen LogP contribution in [-0.2, 0) is 4.79 Å². The molecule has 18 heavy (non-hydrogen) atoms. The van der Waals surface area contributed by atoms with Crippen LogP contribution in [-0.4, -0.2) is 10.5 Å². The van der Waals surface area contributed by atoms with Crippen molar-refractivity contribution in [3.8, 4) is 0 Å². The average Bonchev–Trinajstić information content (AvgIpc) is 2.62. The minimum atomic E-state index is 0.0731. The summed E-state index contributed by atoms with van der Waals surface area (Å²) in [7, 11) is 1.87. The Hall–Kier alpha value is -0.0300. The van der Waals surface area contributed by atoms with Crippen molar-refractivity contribution in [3.05, 3.63) is 34.4 Å². The van der Waals surface area contributed by atoms with Crippen LogP contribution >= 0.6 is 30.1 Å². The van der Waals surface area contributed by atoms with Crippen LogP contribution in [0.1, 0.15) is 39.5 Å². The number of fused-ring (bicyclic) bond motifs is 2. The zero-order valence-electron chi connectivity index (χ0n) is 10.8. The molecule has 96 valence electrons. The molecular weight excluding hydrogens is 355 g/mol. The van der Waals surface area contributed by atoms with Crippen LogP contribution in [0.25, 0.3) is 0 Å². The summed E-state index contributed by atoms with van der Waals surface area (Å²) >= 11 is 2.41. The van der Waals surface area contributed by atoms with Gasteiger partial charge in [-0.2, -0.15) is 0 Å². The fraction of sp³-hybridized carbons (Fsp3) is 0.533. The molecule has 3 heteroatoms. The van der Waals surface area contributed by atoms with E-state index in [1.54, 1.807) is 0 Å². The van der Waals surface area contributed by atoms with E-state index in [9.17, 15) is 4.79 Å². The summed E-state index contributed by atoms with van der Waals surface area (Å²) in [6.45, 7) is 4.40. The highest BCUT2D eigenvalue weighted by Crippen LogP contribution is 2.59. The highest BCUT2D eigenvalue weighted by molar-refractivity contribution is 14.2. The molecule has 0 saturated heterocycles. The van der Waals surface area contributed by atoms with Gasteiger partial charge in [0.15, 0.2) is 5.78 Å². The van der Waals surface area contributed by atoms with E-state index >= 15 is 0 Å². The predicted octanol–water partition coefficient (Wildman–Crippen LogP) is 4.78. The maximum absolute atomic E-state index is 12.7. The van der Waals surface area contributed by atoms with Gasteiger partial charge in [-0.05, 0) is 66.3 Å². The smallest absolute Gasteiger partial charge is 0.164 e. The number of carbonyl (C=O) groups is 1.